The Morgan fingerprint density at radius 1 is 1.33 bits per heavy atom. The molecule has 2 aromatic rings. The Hall–Kier alpha value is -2.83. The quantitative estimate of drug-likeness (QED) is 0.798. The summed E-state index contributed by atoms with van der Waals surface area (Å²) in [5.41, 5.74) is 1.89. The molecule has 0 saturated carbocycles. The van der Waals surface area contributed by atoms with E-state index in [1.165, 1.54) is 6.07 Å². The molecule has 2 rings (SSSR count). The highest BCUT2D eigenvalue weighted by Crippen LogP contribution is 2.20. The Labute approximate surface area is 121 Å². The average Bonchev–Trinajstić information content (AvgIpc) is 2.84. The van der Waals surface area contributed by atoms with Crippen molar-refractivity contribution >= 4 is 17.7 Å². The van der Waals surface area contributed by atoms with E-state index in [0.717, 1.165) is 5.69 Å². The van der Waals surface area contributed by atoms with Gasteiger partial charge in [-0.15, -0.1) is 0 Å². The molecule has 0 radical (unpaired) electrons. The van der Waals surface area contributed by atoms with E-state index in [-0.39, 0.29) is 5.56 Å². The lowest BCUT2D eigenvalue weighted by Gasteiger charge is -2.12. The van der Waals surface area contributed by atoms with Crippen molar-refractivity contribution in [3.05, 3.63) is 47.3 Å². The van der Waals surface area contributed by atoms with Crippen LogP contribution in [0.3, 0.4) is 0 Å². The summed E-state index contributed by atoms with van der Waals surface area (Å²) < 4.78 is 1.65. The third kappa shape index (κ3) is 3.38. The third-order valence-corrected chi connectivity index (χ3v) is 3.09. The molecule has 2 amide bonds. The molecule has 0 fully saturated rings. The molecule has 0 bridgehead atoms. The van der Waals surface area contributed by atoms with Crippen LogP contribution in [0, 0.1) is 6.92 Å². The molecular weight excluding hydrogens is 272 g/mol. The van der Waals surface area contributed by atoms with Crippen LogP contribution in [-0.4, -0.2) is 26.9 Å². The molecule has 0 spiro atoms. The maximum absolute atomic E-state index is 11.9. The zero-order valence-corrected chi connectivity index (χ0v) is 11.8. The first-order valence-electron chi connectivity index (χ1n) is 6.33. The first-order valence-corrected chi connectivity index (χ1v) is 6.33. The second kappa shape index (κ2) is 6.08. The second-order valence-corrected chi connectivity index (χ2v) is 4.56. The maximum Gasteiger partial charge on any atom is 0.337 e. The van der Waals surface area contributed by atoms with Gasteiger partial charge in [0.05, 0.1) is 23.5 Å². The minimum atomic E-state index is -1.08. The van der Waals surface area contributed by atoms with E-state index < -0.39 is 12.0 Å². The van der Waals surface area contributed by atoms with Crippen molar-refractivity contribution in [3.63, 3.8) is 0 Å². The van der Waals surface area contributed by atoms with Crippen molar-refractivity contribution < 1.29 is 14.7 Å². The van der Waals surface area contributed by atoms with Gasteiger partial charge in [0.15, 0.2) is 0 Å². The van der Waals surface area contributed by atoms with Gasteiger partial charge >= 0.3 is 12.0 Å². The summed E-state index contributed by atoms with van der Waals surface area (Å²) in [6.45, 7) is 2.04. The van der Waals surface area contributed by atoms with E-state index in [9.17, 15) is 9.59 Å². The van der Waals surface area contributed by atoms with Gasteiger partial charge < -0.3 is 15.7 Å². The predicted molar refractivity (Wildman–Crippen MR) is 77.2 cm³/mol. The largest absolute Gasteiger partial charge is 0.478 e. The number of urea groups is 1. The predicted octanol–water partition coefficient (Wildman–Crippen LogP) is 1.75. The molecule has 1 aromatic heterocycles. The number of nitrogens with one attached hydrogen (secondary N) is 2. The number of carboxylic acids is 1. The highest BCUT2D eigenvalue weighted by atomic mass is 16.4. The molecule has 0 atom stereocenters. The molecule has 7 nitrogen and oxygen atoms in total. The van der Waals surface area contributed by atoms with Crippen molar-refractivity contribution in [1.29, 1.82) is 0 Å². The van der Waals surface area contributed by atoms with E-state index >= 15 is 0 Å². The number of hydrogen-bond donors (Lipinski definition) is 3. The number of rotatable bonds is 4. The molecule has 7 heteroatoms. The summed E-state index contributed by atoms with van der Waals surface area (Å²) >= 11 is 0. The minimum absolute atomic E-state index is 0.0608. The normalized spacial score (nSPS) is 10.2. The van der Waals surface area contributed by atoms with Crippen molar-refractivity contribution in [2.45, 2.75) is 13.5 Å². The smallest absolute Gasteiger partial charge is 0.337 e. The van der Waals surface area contributed by atoms with Crippen molar-refractivity contribution in [2.75, 3.05) is 5.32 Å². The van der Waals surface area contributed by atoms with Crippen LogP contribution in [0.5, 0.6) is 0 Å². The average molecular weight is 288 g/mol. The first kappa shape index (κ1) is 14.6. The zero-order chi connectivity index (χ0) is 15.4. The van der Waals surface area contributed by atoms with Gasteiger partial charge in [-0.05, 0) is 24.6 Å². The summed E-state index contributed by atoms with van der Waals surface area (Å²) in [4.78, 5) is 23.1. The van der Waals surface area contributed by atoms with Gasteiger partial charge in [0.2, 0.25) is 0 Å². The fourth-order valence-corrected chi connectivity index (χ4v) is 1.92. The molecule has 0 saturated heterocycles. The van der Waals surface area contributed by atoms with Gasteiger partial charge in [0, 0.05) is 13.2 Å². The SMILES string of the molecule is Cc1cccc(C(=O)O)c1NC(=O)NCc1ccnn1C. The lowest BCUT2D eigenvalue weighted by molar-refractivity contribution is 0.0698. The molecule has 0 aliphatic carbocycles. The standard InChI is InChI=1S/C14H16N4O3/c1-9-4-3-5-11(13(19)20)12(9)17-14(21)15-8-10-6-7-16-18(10)2/h3-7H,8H2,1-2H3,(H,19,20)(H2,15,17,21). The minimum Gasteiger partial charge on any atom is -0.478 e. The van der Waals surface area contributed by atoms with Gasteiger partial charge in [-0.1, -0.05) is 12.1 Å². The molecule has 110 valence electrons. The van der Waals surface area contributed by atoms with Crippen LogP contribution in [0.1, 0.15) is 21.6 Å². The van der Waals surface area contributed by atoms with Gasteiger partial charge in [-0.3, -0.25) is 4.68 Å². The number of nitrogens with zero attached hydrogens (tertiary/aromatic N) is 2. The number of carbonyl (C=O) groups is 2. The fraction of sp³-hybridized carbons (Fsp3) is 0.214. The fourth-order valence-electron chi connectivity index (χ4n) is 1.92. The number of hydrogen-bond acceptors (Lipinski definition) is 3. The molecule has 0 unspecified atom stereocenters. The van der Waals surface area contributed by atoms with Gasteiger partial charge in [-0.2, -0.15) is 5.10 Å². The summed E-state index contributed by atoms with van der Waals surface area (Å²) in [7, 11) is 1.78. The van der Waals surface area contributed by atoms with Crippen LogP contribution in [0.4, 0.5) is 10.5 Å². The number of anilines is 1. The van der Waals surface area contributed by atoms with Gasteiger partial charge in [-0.25, -0.2) is 9.59 Å². The maximum atomic E-state index is 11.9. The van der Waals surface area contributed by atoms with Crippen LogP contribution in [0.15, 0.2) is 30.5 Å². The third-order valence-electron chi connectivity index (χ3n) is 3.09. The molecule has 1 heterocycles. The molecule has 3 N–H and O–H groups in total. The highest BCUT2D eigenvalue weighted by molar-refractivity contribution is 6.00. The van der Waals surface area contributed by atoms with E-state index in [1.54, 1.807) is 43.0 Å². The van der Waals surface area contributed by atoms with Crippen LogP contribution in [-0.2, 0) is 13.6 Å². The van der Waals surface area contributed by atoms with Crippen LogP contribution < -0.4 is 10.6 Å². The number of aromatic nitrogens is 2. The van der Waals surface area contributed by atoms with Crippen LogP contribution in [0.2, 0.25) is 0 Å². The number of para-hydroxylation sites is 1. The number of carbonyl (C=O) groups excluding carboxylic acids is 1. The Balaban J connectivity index is 2.06. The first-order chi connectivity index (χ1) is 9.99. The summed E-state index contributed by atoms with van der Waals surface area (Å²) in [5.74, 6) is -1.08. The summed E-state index contributed by atoms with van der Waals surface area (Å²) in [6.07, 6.45) is 1.64. The molecular formula is C14H16N4O3. The van der Waals surface area contributed by atoms with Crippen LogP contribution >= 0.6 is 0 Å². The molecule has 1 aromatic carbocycles. The van der Waals surface area contributed by atoms with E-state index in [4.69, 9.17) is 5.11 Å². The Bertz CT molecular complexity index is 679. The number of amides is 2. The highest BCUT2D eigenvalue weighted by Gasteiger charge is 2.14. The summed E-state index contributed by atoms with van der Waals surface area (Å²) in [6, 6.07) is 6.15. The second-order valence-electron chi connectivity index (χ2n) is 4.56. The topological polar surface area (TPSA) is 96.2 Å². The van der Waals surface area contributed by atoms with Crippen LogP contribution in [0.25, 0.3) is 0 Å². The van der Waals surface area contributed by atoms with Crippen molar-refractivity contribution in [2.24, 2.45) is 7.05 Å². The Morgan fingerprint density at radius 2 is 2.10 bits per heavy atom. The lowest BCUT2D eigenvalue weighted by Crippen LogP contribution is -2.30. The summed E-state index contributed by atoms with van der Waals surface area (Å²) in [5, 5.41) is 18.4. The van der Waals surface area contributed by atoms with Crippen molar-refractivity contribution in [3.8, 4) is 0 Å². The number of benzene rings is 1. The van der Waals surface area contributed by atoms with E-state index in [0.29, 0.717) is 17.8 Å². The zero-order valence-electron chi connectivity index (χ0n) is 11.8. The number of carboxylic acid groups (broad SMARTS) is 1. The Morgan fingerprint density at radius 3 is 2.71 bits per heavy atom. The monoisotopic (exact) mass is 288 g/mol. The van der Waals surface area contributed by atoms with E-state index in [2.05, 4.69) is 15.7 Å². The molecule has 21 heavy (non-hydrogen) atoms. The van der Waals surface area contributed by atoms with E-state index in [1.807, 2.05) is 0 Å². The van der Waals surface area contributed by atoms with Gasteiger partial charge in [0.25, 0.3) is 0 Å². The molecule has 0 aliphatic rings. The van der Waals surface area contributed by atoms with Crippen molar-refractivity contribution in [1.82, 2.24) is 15.1 Å². The van der Waals surface area contributed by atoms with Gasteiger partial charge in [0.1, 0.15) is 0 Å². The number of aryl methyl sites for hydroxylation is 2. The Kier molecular flexibility index (Phi) is 4.22. The number of aromatic carboxylic acids is 1. The molecule has 0 aliphatic heterocycles. The lowest BCUT2D eigenvalue weighted by atomic mass is 10.1.